The van der Waals surface area contributed by atoms with E-state index in [0.29, 0.717) is 0 Å². The number of allylic oxidation sites excluding steroid dienone is 1. The lowest BCUT2D eigenvalue weighted by Crippen LogP contribution is -1.86. The quantitative estimate of drug-likeness (QED) is 0.538. The average Bonchev–Trinajstić information content (AvgIpc) is 2.31. The first-order valence-corrected chi connectivity index (χ1v) is 3.85. The molecular weight excluding hydrogens is 195 g/mol. The number of aromatic nitrogens is 2. The Balaban J connectivity index is 0.00000121. The predicted octanol–water partition coefficient (Wildman–Crippen LogP) is 2.62. The molecular formula is C8H12Cl2N2. The predicted molar refractivity (Wildman–Crippen MR) is 54.0 cm³/mol. The second-order valence-electron chi connectivity index (χ2n) is 2.46. The van der Waals surface area contributed by atoms with Gasteiger partial charge in [0.25, 0.3) is 0 Å². The summed E-state index contributed by atoms with van der Waals surface area (Å²) in [6, 6.07) is 0. The summed E-state index contributed by atoms with van der Waals surface area (Å²) in [5, 5.41) is -0.171. The highest BCUT2D eigenvalue weighted by atomic mass is 35.5. The fourth-order valence-electron chi connectivity index (χ4n) is 0.840. The van der Waals surface area contributed by atoms with Crippen molar-refractivity contribution in [1.29, 1.82) is 0 Å². The molecule has 1 unspecified atom stereocenters. The van der Waals surface area contributed by atoms with Crippen LogP contribution in [0.25, 0.3) is 0 Å². The maximum Gasteiger partial charge on any atom is 0.105 e. The van der Waals surface area contributed by atoms with Crippen molar-refractivity contribution in [2.75, 3.05) is 0 Å². The lowest BCUT2D eigenvalue weighted by Gasteiger charge is -1.94. The summed E-state index contributed by atoms with van der Waals surface area (Å²) in [6.45, 7) is 5.54. The van der Waals surface area contributed by atoms with E-state index in [0.717, 1.165) is 11.5 Å². The van der Waals surface area contributed by atoms with Crippen molar-refractivity contribution in [3.8, 4) is 0 Å². The normalized spacial score (nSPS) is 11.9. The van der Waals surface area contributed by atoms with E-state index < -0.39 is 0 Å². The van der Waals surface area contributed by atoms with Gasteiger partial charge in [0.1, 0.15) is 5.82 Å². The van der Waals surface area contributed by atoms with E-state index in [1.807, 2.05) is 24.7 Å². The molecule has 1 aromatic heterocycles. The number of hydrogen-bond acceptors (Lipinski definition) is 1. The monoisotopic (exact) mass is 206 g/mol. The molecule has 12 heavy (non-hydrogen) atoms. The maximum absolute atomic E-state index is 5.88. The molecule has 0 radical (unpaired) electrons. The molecule has 0 bridgehead atoms. The molecule has 0 fully saturated rings. The lowest BCUT2D eigenvalue weighted by molar-refractivity contribution is 0.858. The second-order valence-corrected chi connectivity index (χ2v) is 2.93. The SMILES string of the molecule is C=CC(Cl)c1cn(C)c(C)n1.Cl. The van der Waals surface area contributed by atoms with Crippen LogP contribution in [0.3, 0.4) is 0 Å². The molecule has 0 aliphatic rings. The Labute approximate surface area is 83.7 Å². The van der Waals surface area contributed by atoms with Crippen molar-refractivity contribution in [2.45, 2.75) is 12.3 Å². The van der Waals surface area contributed by atoms with Crippen molar-refractivity contribution in [2.24, 2.45) is 7.05 Å². The number of alkyl halides is 1. The van der Waals surface area contributed by atoms with Crippen molar-refractivity contribution in [3.63, 3.8) is 0 Å². The number of imidazole rings is 1. The molecule has 0 saturated heterocycles. The minimum absolute atomic E-state index is 0. The van der Waals surface area contributed by atoms with Crippen LogP contribution < -0.4 is 0 Å². The number of rotatable bonds is 2. The molecule has 0 spiro atoms. The maximum atomic E-state index is 5.88. The first-order chi connectivity index (χ1) is 5.15. The zero-order chi connectivity index (χ0) is 8.43. The average molecular weight is 207 g/mol. The van der Waals surface area contributed by atoms with E-state index in [4.69, 9.17) is 11.6 Å². The first kappa shape index (κ1) is 11.5. The van der Waals surface area contributed by atoms with Crippen LogP contribution in [0.4, 0.5) is 0 Å². The van der Waals surface area contributed by atoms with E-state index in [-0.39, 0.29) is 17.8 Å². The Morgan fingerprint density at radius 3 is 2.67 bits per heavy atom. The summed E-state index contributed by atoms with van der Waals surface area (Å²) in [7, 11) is 1.94. The molecule has 0 N–H and O–H groups in total. The van der Waals surface area contributed by atoms with Crippen LogP contribution in [0.15, 0.2) is 18.9 Å². The molecule has 2 nitrogen and oxygen atoms in total. The van der Waals surface area contributed by atoms with Crippen molar-refractivity contribution in [3.05, 3.63) is 30.4 Å². The molecule has 1 rings (SSSR count). The van der Waals surface area contributed by atoms with Gasteiger partial charge in [0.15, 0.2) is 0 Å². The summed E-state index contributed by atoms with van der Waals surface area (Å²) in [5.41, 5.74) is 0.863. The third-order valence-corrected chi connectivity index (χ3v) is 2.02. The molecule has 0 aliphatic heterocycles. The Kier molecular flexibility index (Phi) is 4.35. The van der Waals surface area contributed by atoms with Crippen molar-refractivity contribution < 1.29 is 0 Å². The highest BCUT2D eigenvalue weighted by molar-refractivity contribution is 6.21. The fourth-order valence-corrected chi connectivity index (χ4v) is 0.945. The van der Waals surface area contributed by atoms with Crippen LogP contribution in [0.5, 0.6) is 0 Å². The third-order valence-electron chi connectivity index (χ3n) is 1.62. The number of nitrogens with zero attached hydrogens (tertiary/aromatic N) is 2. The van der Waals surface area contributed by atoms with E-state index >= 15 is 0 Å². The van der Waals surface area contributed by atoms with Crippen LogP contribution in [0.2, 0.25) is 0 Å². The summed E-state index contributed by atoms with van der Waals surface area (Å²) >= 11 is 5.88. The van der Waals surface area contributed by atoms with Gasteiger partial charge in [-0.25, -0.2) is 4.98 Å². The Bertz CT molecular complexity index is 249. The zero-order valence-electron chi connectivity index (χ0n) is 7.12. The molecule has 1 heterocycles. The van der Waals surface area contributed by atoms with Gasteiger partial charge in [0.05, 0.1) is 11.1 Å². The Morgan fingerprint density at radius 1 is 1.75 bits per heavy atom. The number of hydrogen-bond donors (Lipinski definition) is 0. The summed E-state index contributed by atoms with van der Waals surface area (Å²) in [5.74, 6) is 0.965. The van der Waals surface area contributed by atoms with Crippen LogP contribution >= 0.6 is 24.0 Å². The van der Waals surface area contributed by atoms with Crippen LogP contribution in [0.1, 0.15) is 16.9 Å². The van der Waals surface area contributed by atoms with E-state index in [9.17, 15) is 0 Å². The third kappa shape index (κ3) is 2.26. The zero-order valence-corrected chi connectivity index (χ0v) is 8.69. The Morgan fingerprint density at radius 2 is 2.33 bits per heavy atom. The minimum atomic E-state index is -0.171. The van der Waals surface area contributed by atoms with Crippen LogP contribution in [0, 0.1) is 6.92 Å². The van der Waals surface area contributed by atoms with Crippen molar-refractivity contribution in [1.82, 2.24) is 9.55 Å². The smallest absolute Gasteiger partial charge is 0.105 e. The summed E-state index contributed by atoms with van der Waals surface area (Å²) < 4.78 is 1.94. The van der Waals surface area contributed by atoms with E-state index in [2.05, 4.69) is 11.6 Å². The largest absolute Gasteiger partial charge is 0.338 e. The molecule has 68 valence electrons. The van der Waals surface area contributed by atoms with Gasteiger partial charge in [-0.1, -0.05) is 6.08 Å². The van der Waals surface area contributed by atoms with Crippen molar-refractivity contribution >= 4 is 24.0 Å². The van der Waals surface area contributed by atoms with Gasteiger partial charge in [-0.15, -0.1) is 30.6 Å². The van der Waals surface area contributed by atoms with Crippen LogP contribution in [-0.2, 0) is 7.05 Å². The summed E-state index contributed by atoms with van der Waals surface area (Å²) in [6.07, 6.45) is 3.58. The molecule has 1 atom stereocenters. The molecule has 0 saturated carbocycles. The molecule has 1 aromatic rings. The van der Waals surface area contributed by atoms with E-state index in [1.165, 1.54) is 0 Å². The Hall–Kier alpha value is -0.470. The second kappa shape index (κ2) is 4.53. The molecule has 0 amide bonds. The van der Waals surface area contributed by atoms with Gasteiger partial charge < -0.3 is 4.57 Å². The molecule has 0 aliphatic carbocycles. The van der Waals surface area contributed by atoms with Gasteiger partial charge in [0.2, 0.25) is 0 Å². The molecule has 0 aromatic carbocycles. The van der Waals surface area contributed by atoms with E-state index in [1.54, 1.807) is 6.08 Å². The standard InChI is InChI=1S/C8H11ClN2.ClH/c1-4-7(9)8-5-11(3)6(2)10-8;/h4-5,7H,1H2,2-3H3;1H. The van der Waals surface area contributed by atoms with Gasteiger partial charge >= 0.3 is 0 Å². The van der Waals surface area contributed by atoms with Gasteiger partial charge in [-0.05, 0) is 6.92 Å². The minimum Gasteiger partial charge on any atom is -0.338 e. The first-order valence-electron chi connectivity index (χ1n) is 3.41. The van der Waals surface area contributed by atoms with Gasteiger partial charge in [-0.3, -0.25) is 0 Å². The number of aryl methyl sites for hydroxylation is 2. The highest BCUT2D eigenvalue weighted by Crippen LogP contribution is 2.19. The lowest BCUT2D eigenvalue weighted by atomic mass is 10.3. The fraction of sp³-hybridized carbons (Fsp3) is 0.375. The van der Waals surface area contributed by atoms with Crippen LogP contribution in [-0.4, -0.2) is 9.55 Å². The molecule has 4 heteroatoms. The van der Waals surface area contributed by atoms with Gasteiger partial charge in [0, 0.05) is 13.2 Å². The van der Waals surface area contributed by atoms with Gasteiger partial charge in [-0.2, -0.15) is 0 Å². The number of halogens is 2. The highest BCUT2D eigenvalue weighted by Gasteiger charge is 2.07. The summed E-state index contributed by atoms with van der Waals surface area (Å²) in [4.78, 5) is 4.24. The topological polar surface area (TPSA) is 17.8 Å².